The summed E-state index contributed by atoms with van der Waals surface area (Å²) in [6, 6.07) is 14.8. The Morgan fingerprint density at radius 1 is 1.07 bits per heavy atom. The van der Waals surface area contributed by atoms with Gasteiger partial charge in [0.15, 0.2) is 6.61 Å². The molecule has 0 unspecified atom stereocenters. The minimum Gasteiger partial charge on any atom is -0.485 e. The average Bonchev–Trinajstić information content (AvgIpc) is 2.96. The Balaban J connectivity index is 1.71. The second-order valence-electron chi connectivity index (χ2n) is 6.40. The minimum absolute atomic E-state index is 0.0821. The fourth-order valence-corrected chi connectivity index (χ4v) is 2.97. The van der Waals surface area contributed by atoms with Crippen molar-refractivity contribution < 1.29 is 18.7 Å². The molecule has 3 rings (SSSR count). The van der Waals surface area contributed by atoms with Crippen molar-refractivity contribution in [2.45, 2.75) is 20.4 Å². The number of benzene rings is 2. The molecule has 0 spiro atoms. The van der Waals surface area contributed by atoms with Crippen molar-refractivity contribution in [3.8, 4) is 5.75 Å². The Morgan fingerprint density at radius 3 is 2.37 bits per heavy atom. The van der Waals surface area contributed by atoms with Gasteiger partial charge in [0.2, 0.25) is 5.78 Å². The van der Waals surface area contributed by atoms with Crippen LogP contribution in [0.25, 0.3) is 0 Å². The van der Waals surface area contributed by atoms with E-state index in [0.29, 0.717) is 23.4 Å². The van der Waals surface area contributed by atoms with Crippen molar-refractivity contribution in [1.29, 1.82) is 0 Å². The third-order valence-electron chi connectivity index (χ3n) is 4.51. The summed E-state index contributed by atoms with van der Waals surface area (Å²) < 4.78 is 20.6. The first-order valence-electron chi connectivity index (χ1n) is 8.60. The van der Waals surface area contributed by atoms with Gasteiger partial charge in [-0.2, -0.15) is 0 Å². The molecule has 0 aliphatic heterocycles. The monoisotopic (exact) mass is 365 g/mol. The number of aromatic nitrogens is 1. The Hall–Kier alpha value is -3.21. The summed E-state index contributed by atoms with van der Waals surface area (Å²) in [5.74, 6) is 0.149. The van der Waals surface area contributed by atoms with E-state index in [1.165, 1.54) is 12.1 Å². The smallest absolute Gasteiger partial charge is 0.202 e. The van der Waals surface area contributed by atoms with Gasteiger partial charge in [0.25, 0.3) is 0 Å². The normalized spacial score (nSPS) is 10.6. The standard InChI is InChI=1S/C22H20FNO3/c1-15-11-21(16(2)24(15)12-17-3-7-19(23)8-4-17)22(26)14-27-20-9-5-18(13-25)6-10-20/h3-11,13H,12,14H2,1-2H3. The van der Waals surface area contributed by atoms with Crippen LogP contribution in [-0.4, -0.2) is 23.2 Å². The molecule has 27 heavy (non-hydrogen) atoms. The Kier molecular flexibility index (Phi) is 5.50. The zero-order chi connectivity index (χ0) is 19.4. The van der Waals surface area contributed by atoms with Crippen LogP contribution in [0, 0.1) is 19.7 Å². The van der Waals surface area contributed by atoms with Crippen LogP contribution < -0.4 is 4.74 Å². The topological polar surface area (TPSA) is 48.3 Å². The summed E-state index contributed by atoms with van der Waals surface area (Å²) in [5.41, 5.74) is 3.93. The molecule has 5 heteroatoms. The maximum absolute atomic E-state index is 13.1. The van der Waals surface area contributed by atoms with E-state index in [1.54, 1.807) is 36.4 Å². The van der Waals surface area contributed by atoms with Gasteiger partial charge < -0.3 is 9.30 Å². The number of ketones is 1. The molecule has 0 saturated carbocycles. The van der Waals surface area contributed by atoms with Crippen molar-refractivity contribution in [2.75, 3.05) is 6.61 Å². The summed E-state index contributed by atoms with van der Waals surface area (Å²) in [6.07, 6.45) is 0.755. The molecule has 0 atom stereocenters. The van der Waals surface area contributed by atoms with Crippen LogP contribution in [-0.2, 0) is 6.54 Å². The van der Waals surface area contributed by atoms with E-state index in [4.69, 9.17) is 4.74 Å². The van der Waals surface area contributed by atoms with Gasteiger partial charge in [0.05, 0.1) is 0 Å². The molecule has 1 heterocycles. The summed E-state index contributed by atoms with van der Waals surface area (Å²) in [4.78, 5) is 23.3. The van der Waals surface area contributed by atoms with Crippen LogP contribution in [0.4, 0.5) is 4.39 Å². The van der Waals surface area contributed by atoms with Crippen LogP contribution in [0.2, 0.25) is 0 Å². The van der Waals surface area contributed by atoms with Gasteiger partial charge in [-0.25, -0.2) is 4.39 Å². The number of hydrogen-bond acceptors (Lipinski definition) is 3. The number of hydrogen-bond donors (Lipinski definition) is 0. The van der Waals surface area contributed by atoms with Crippen LogP contribution in [0.1, 0.15) is 37.7 Å². The molecule has 3 aromatic rings. The zero-order valence-corrected chi connectivity index (χ0v) is 15.2. The molecule has 0 fully saturated rings. The second kappa shape index (κ2) is 7.99. The highest BCUT2D eigenvalue weighted by atomic mass is 19.1. The molecule has 0 amide bonds. The summed E-state index contributed by atoms with van der Waals surface area (Å²) in [5, 5.41) is 0. The lowest BCUT2D eigenvalue weighted by molar-refractivity contribution is 0.0920. The molecule has 1 aromatic heterocycles. The number of ether oxygens (including phenoxy) is 1. The van der Waals surface area contributed by atoms with E-state index in [1.807, 2.05) is 24.5 Å². The predicted octanol–water partition coefficient (Wildman–Crippen LogP) is 4.37. The van der Waals surface area contributed by atoms with Gasteiger partial charge in [0, 0.05) is 29.1 Å². The highest BCUT2D eigenvalue weighted by Gasteiger charge is 2.16. The Labute approximate surface area is 157 Å². The molecule has 0 saturated heterocycles. The Morgan fingerprint density at radius 2 is 1.74 bits per heavy atom. The van der Waals surface area contributed by atoms with Crippen molar-refractivity contribution >= 4 is 12.1 Å². The molecular weight excluding hydrogens is 345 g/mol. The first-order chi connectivity index (χ1) is 13.0. The lowest BCUT2D eigenvalue weighted by atomic mass is 10.1. The lowest BCUT2D eigenvalue weighted by Crippen LogP contribution is -2.13. The van der Waals surface area contributed by atoms with Crippen molar-refractivity contribution in [3.63, 3.8) is 0 Å². The predicted molar refractivity (Wildman–Crippen MR) is 101 cm³/mol. The quantitative estimate of drug-likeness (QED) is 0.461. The van der Waals surface area contributed by atoms with E-state index in [2.05, 4.69) is 0 Å². The molecule has 4 nitrogen and oxygen atoms in total. The first-order valence-corrected chi connectivity index (χ1v) is 8.60. The fourth-order valence-electron chi connectivity index (χ4n) is 2.97. The van der Waals surface area contributed by atoms with Crippen LogP contribution in [0.5, 0.6) is 5.75 Å². The van der Waals surface area contributed by atoms with Crippen molar-refractivity contribution in [3.05, 3.63) is 88.5 Å². The maximum atomic E-state index is 13.1. The lowest BCUT2D eigenvalue weighted by Gasteiger charge is -2.10. The molecule has 2 aromatic carbocycles. The van der Waals surface area contributed by atoms with Gasteiger partial charge in [0.1, 0.15) is 17.9 Å². The molecule has 0 N–H and O–H groups in total. The highest BCUT2D eigenvalue weighted by molar-refractivity contribution is 5.98. The van der Waals surface area contributed by atoms with Crippen LogP contribution in [0.3, 0.4) is 0 Å². The number of nitrogens with zero attached hydrogens (tertiary/aromatic N) is 1. The van der Waals surface area contributed by atoms with E-state index in [9.17, 15) is 14.0 Å². The van der Waals surface area contributed by atoms with Gasteiger partial charge in [-0.15, -0.1) is 0 Å². The van der Waals surface area contributed by atoms with Gasteiger partial charge in [-0.1, -0.05) is 12.1 Å². The van der Waals surface area contributed by atoms with Gasteiger partial charge in [-0.05, 0) is 61.9 Å². The first kappa shape index (κ1) is 18.6. The molecule has 0 aliphatic rings. The Bertz CT molecular complexity index is 956. The minimum atomic E-state index is -0.270. The number of halogens is 1. The van der Waals surface area contributed by atoms with Crippen LogP contribution >= 0.6 is 0 Å². The van der Waals surface area contributed by atoms with Crippen LogP contribution in [0.15, 0.2) is 54.6 Å². The van der Waals surface area contributed by atoms with Crippen molar-refractivity contribution in [2.24, 2.45) is 0 Å². The number of Topliss-reactive ketones (excluding diaryl/α,β-unsaturated/α-hetero) is 1. The van der Waals surface area contributed by atoms with Gasteiger partial charge >= 0.3 is 0 Å². The fraction of sp³-hybridized carbons (Fsp3) is 0.182. The molecule has 0 bridgehead atoms. The molecular formula is C22H20FNO3. The number of aryl methyl sites for hydroxylation is 1. The van der Waals surface area contributed by atoms with E-state index in [0.717, 1.165) is 23.2 Å². The molecule has 0 aliphatic carbocycles. The van der Waals surface area contributed by atoms with Gasteiger partial charge in [-0.3, -0.25) is 9.59 Å². The third-order valence-corrected chi connectivity index (χ3v) is 4.51. The average molecular weight is 365 g/mol. The molecule has 138 valence electrons. The van der Waals surface area contributed by atoms with Crippen molar-refractivity contribution in [1.82, 2.24) is 4.57 Å². The SMILES string of the molecule is Cc1cc(C(=O)COc2ccc(C=O)cc2)c(C)n1Cc1ccc(F)cc1. The number of carbonyl (C=O) groups is 2. The third kappa shape index (κ3) is 4.31. The highest BCUT2D eigenvalue weighted by Crippen LogP contribution is 2.19. The summed E-state index contributed by atoms with van der Waals surface area (Å²) in [6.45, 7) is 4.31. The number of aldehydes is 1. The number of rotatable bonds is 7. The zero-order valence-electron chi connectivity index (χ0n) is 15.2. The maximum Gasteiger partial charge on any atom is 0.202 e. The van der Waals surface area contributed by atoms with E-state index < -0.39 is 0 Å². The van der Waals surface area contributed by atoms with E-state index in [-0.39, 0.29) is 18.2 Å². The summed E-state index contributed by atoms with van der Waals surface area (Å²) >= 11 is 0. The molecule has 0 radical (unpaired) electrons. The largest absolute Gasteiger partial charge is 0.485 e. The summed E-state index contributed by atoms with van der Waals surface area (Å²) in [7, 11) is 0. The number of carbonyl (C=O) groups excluding carboxylic acids is 2. The second-order valence-corrected chi connectivity index (χ2v) is 6.40. The van der Waals surface area contributed by atoms with E-state index >= 15 is 0 Å².